The van der Waals surface area contributed by atoms with Gasteiger partial charge in [0.1, 0.15) is 11.3 Å². The predicted molar refractivity (Wildman–Crippen MR) is 112 cm³/mol. The molecule has 0 saturated carbocycles. The summed E-state index contributed by atoms with van der Waals surface area (Å²) < 4.78 is 34.6. The fraction of sp³-hybridized carbons (Fsp3) is 0.217. The van der Waals surface area contributed by atoms with E-state index in [-0.39, 0.29) is 4.90 Å². The van der Waals surface area contributed by atoms with Crippen LogP contribution >= 0.6 is 0 Å². The van der Waals surface area contributed by atoms with Crippen molar-refractivity contribution in [2.45, 2.75) is 31.1 Å². The molecule has 0 aliphatic heterocycles. The highest BCUT2D eigenvalue weighted by atomic mass is 32.2. The van der Waals surface area contributed by atoms with Gasteiger partial charge in [-0.05, 0) is 59.9 Å². The normalized spacial score (nSPS) is 17.0. The van der Waals surface area contributed by atoms with E-state index in [0.29, 0.717) is 11.6 Å². The van der Waals surface area contributed by atoms with Gasteiger partial charge in [0.2, 0.25) is 0 Å². The topological polar surface area (TPSA) is 59.3 Å². The Morgan fingerprint density at radius 1 is 1.00 bits per heavy atom. The molecule has 5 heteroatoms. The molecule has 1 atom stereocenters. The molecule has 0 fully saturated rings. The van der Waals surface area contributed by atoms with Crippen molar-refractivity contribution in [3.05, 3.63) is 72.0 Å². The van der Waals surface area contributed by atoms with Crippen LogP contribution in [0, 0.1) is 5.92 Å². The molecule has 0 radical (unpaired) electrons. The Labute approximate surface area is 164 Å². The molecule has 1 aromatic heterocycles. The second kappa shape index (κ2) is 6.38. The number of aryl methyl sites for hydroxylation is 1. The van der Waals surface area contributed by atoms with Gasteiger partial charge in [0, 0.05) is 23.1 Å². The van der Waals surface area contributed by atoms with Gasteiger partial charge in [-0.1, -0.05) is 37.3 Å². The van der Waals surface area contributed by atoms with Crippen LogP contribution < -0.4 is 4.72 Å². The molecular weight excluding hydrogens is 370 g/mol. The van der Waals surface area contributed by atoms with E-state index in [9.17, 15) is 8.42 Å². The number of fused-ring (bicyclic) bond motifs is 4. The molecule has 1 aliphatic carbocycles. The van der Waals surface area contributed by atoms with Gasteiger partial charge < -0.3 is 4.42 Å². The molecule has 3 aromatic carbocycles. The summed E-state index contributed by atoms with van der Waals surface area (Å²) in [5.41, 5.74) is 2.61. The highest BCUT2D eigenvalue weighted by molar-refractivity contribution is 7.92. The first-order valence-electron chi connectivity index (χ1n) is 9.55. The molecule has 4 nitrogen and oxygen atoms in total. The van der Waals surface area contributed by atoms with Crippen molar-refractivity contribution in [3.8, 4) is 0 Å². The maximum absolute atomic E-state index is 12.9. The van der Waals surface area contributed by atoms with Crippen molar-refractivity contribution in [2.75, 3.05) is 4.72 Å². The lowest BCUT2D eigenvalue weighted by Gasteiger charge is -2.16. The molecule has 1 aliphatic rings. The van der Waals surface area contributed by atoms with Gasteiger partial charge in [0.15, 0.2) is 0 Å². The number of anilines is 1. The molecule has 1 heterocycles. The second-order valence-electron chi connectivity index (χ2n) is 7.68. The fourth-order valence-corrected chi connectivity index (χ4v) is 5.15. The minimum absolute atomic E-state index is 0.258. The fourth-order valence-electron chi connectivity index (χ4n) is 4.07. The van der Waals surface area contributed by atoms with Gasteiger partial charge in [-0.15, -0.1) is 0 Å². The van der Waals surface area contributed by atoms with Gasteiger partial charge in [-0.3, -0.25) is 4.72 Å². The van der Waals surface area contributed by atoms with Crippen LogP contribution in [0.25, 0.3) is 21.7 Å². The molecular formula is C23H21NO3S. The first-order valence-corrected chi connectivity index (χ1v) is 11.0. The van der Waals surface area contributed by atoms with Gasteiger partial charge in [-0.25, -0.2) is 8.42 Å². The summed E-state index contributed by atoms with van der Waals surface area (Å²) in [4.78, 5) is 0.258. The Kier molecular flexibility index (Phi) is 3.95. The standard InChI is InChI=1S/C23H21NO3S/c1-15-6-10-22-20(12-15)21-14-18(8-11-23(21)27-22)24-28(25,26)19-9-7-16-4-2-3-5-17(16)13-19/h2-5,7-9,11,13-15,24H,6,10,12H2,1H3/t15-/m0/s1. The number of sulfonamides is 1. The Balaban J connectivity index is 1.52. The summed E-state index contributed by atoms with van der Waals surface area (Å²) >= 11 is 0. The Morgan fingerprint density at radius 2 is 1.82 bits per heavy atom. The number of nitrogens with one attached hydrogen (secondary N) is 1. The summed E-state index contributed by atoms with van der Waals surface area (Å²) in [5, 5.41) is 2.93. The van der Waals surface area contributed by atoms with E-state index in [1.165, 1.54) is 5.56 Å². The molecule has 142 valence electrons. The summed E-state index contributed by atoms with van der Waals surface area (Å²) in [6, 6.07) is 18.4. The zero-order valence-electron chi connectivity index (χ0n) is 15.6. The van der Waals surface area contributed by atoms with Crippen molar-refractivity contribution in [2.24, 2.45) is 5.92 Å². The quantitative estimate of drug-likeness (QED) is 0.501. The predicted octanol–water partition coefficient (Wildman–Crippen LogP) is 5.51. The molecule has 0 spiro atoms. The van der Waals surface area contributed by atoms with Crippen LogP contribution in [0.5, 0.6) is 0 Å². The largest absolute Gasteiger partial charge is 0.461 e. The summed E-state index contributed by atoms with van der Waals surface area (Å²) in [6.45, 7) is 2.24. The van der Waals surface area contributed by atoms with E-state index >= 15 is 0 Å². The third kappa shape index (κ3) is 2.96. The smallest absolute Gasteiger partial charge is 0.261 e. The van der Waals surface area contributed by atoms with E-state index in [0.717, 1.165) is 46.8 Å². The Hall–Kier alpha value is -2.79. The van der Waals surface area contributed by atoms with Crippen molar-refractivity contribution >= 4 is 37.5 Å². The lowest BCUT2D eigenvalue weighted by Crippen LogP contribution is -2.13. The SMILES string of the molecule is C[C@H]1CCc2oc3ccc(NS(=O)(=O)c4ccc5ccccc5c4)cc3c2C1. The van der Waals surface area contributed by atoms with Crippen LogP contribution in [0.2, 0.25) is 0 Å². The van der Waals surface area contributed by atoms with Crippen molar-refractivity contribution in [3.63, 3.8) is 0 Å². The molecule has 0 saturated heterocycles. The van der Waals surface area contributed by atoms with Crippen LogP contribution in [0.4, 0.5) is 5.69 Å². The average molecular weight is 391 g/mol. The van der Waals surface area contributed by atoms with Crippen molar-refractivity contribution in [1.29, 1.82) is 0 Å². The molecule has 0 bridgehead atoms. The number of hydrogen-bond donors (Lipinski definition) is 1. The van der Waals surface area contributed by atoms with Gasteiger partial charge >= 0.3 is 0 Å². The molecule has 1 N–H and O–H groups in total. The maximum atomic E-state index is 12.9. The van der Waals surface area contributed by atoms with Gasteiger partial charge in [-0.2, -0.15) is 0 Å². The summed E-state index contributed by atoms with van der Waals surface area (Å²) in [5.74, 6) is 1.66. The molecule has 5 rings (SSSR count). The highest BCUT2D eigenvalue weighted by Gasteiger charge is 2.22. The average Bonchev–Trinajstić information content (AvgIpc) is 3.04. The number of benzene rings is 3. The van der Waals surface area contributed by atoms with Crippen molar-refractivity contribution < 1.29 is 12.8 Å². The Morgan fingerprint density at radius 3 is 2.68 bits per heavy atom. The zero-order chi connectivity index (χ0) is 19.3. The third-order valence-corrected chi connectivity index (χ3v) is 6.95. The van der Waals surface area contributed by atoms with Gasteiger partial charge in [0.25, 0.3) is 10.0 Å². The monoisotopic (exact) mass is 391 g/mol. The molecule has 4 aromatic rings. The van der Waals surface area contributed by atoms with E-state index < -0.39 is 10.0 Å². The van der Waals surface area contributed by atoms with Crippen molar-refractivity contribution in [1.82, 2.24) is 0 Å². The zero-order valence-corrected chi connectivity index (χ0v) is 16.4. The molecule has 28 heavy (non-hydrogen) atoms. The van der Waals surface area contributed by atoms with E-state index in [1.807, 2.05) is 42.5 Å². The van der Waals surface area contributed by atoms with E-state index in [4.69, 9.17) is 4.42 Å². The van der Waals surface area contributed by atoms with Gasteiger partial charge in [0.05, 0.1) is 4.90 Å². The minimum Gasteiger partial charge on any atom is -0.461 e. The molecule has 0 amide bonds. The van der Waals surface area contributed by atoms with Crippen LogP contribution in [-0.2, 0) is 22.9 Å². The van der Waals surface area contributed by atoms with Crippen LogP contribution in [0.1, 0.15) is 24.7 Å². The first kappa shape index (κ1) is 17.3. The number of hydrogen-bond acceptors (Lipinski definition) is 3. The summed E-state index contributed by atoms with van der Waals surface area (Å²) in [6.07, 6.45) is 3.06. The highest BCUT2D eigenvalue weighted by Crippen LogP contribution is 2.35. The van der Waals surface area contributed by atoms with E-state index in [2.05, 4.69) is 11.6 Å². The van der Waals surface area contributed by atoms with Crippen LogP contribution in [-0.4, -0.2) is 8.42 Å². The second-order valence-corrected chi connectivity index (χ2v) is 9.36. The Bertz CT molecular complexity index is 1300. The lowest BCUT2D eigenvalue weighted by atomic mass is 9.88. The molecule has 0 unspecified atom stereocenters. The van der Waals surface area contributed by atoms with Crippen LogP contribution in [0.3, 0.4) is 0 Å². The third-order valence-electron chi connectivity index (χ3n) is 5.57. The first-order chi connectivity index (χ1) is 13.5. The minimum atomic E-state index is -3.67. The van der Waals surface area contributed by atoms with Crippen LogP contribution in [0.15, 0.2) is 70.0 Å². The number of furan rings is 1. The number of rotatable bonds is 3. The van der Waals surface area contributed by atoms with E-state index in [1.54, 1.807) is 18.2 Å². The lowest BCUT2D eigenvalue weighted by molar-refractivity contribution is 0.438. The maximum Gasteiger partial charge on any atom is 0.261 e. The summed E-state index contributed by atoms with van der Waals surface area (Å²) in [7, 11) is -3.67.